The summed E-state index contributed by atoms with van der Waals surface area (Å²) in [5.74, 6) is -1.24. The monoisotopic (exact) mass is 1100 g/mol. The lowest BCUT2D eigenvalue weighted by atomic mass is 9.99. The summed E-state index contributed by atoms with van der Waals surface area (Å²) in [5, 5.41) is 56.9. The Hall–Kier alpha value is -3.16. The molecule has 0 aromatic carbocycles. The summed E-state index contributed by atoms with van der Waals surface area (Å²) >= 11 is 0. The molecule has 6 N–H and O–H groups in total. The number of allylic oxidation sites excluding steroid dienone is 13. The summed E-state index contributed by atoms with van der Waals surface area (Å²) in [5.41, 5.74) is 0. The summed E-state index contributed by atoms with van der Waals surface area (Å²) < 4.78 is 17.6. The third kappa shape index (κ3) is 41.8. The standard InChI is InChI=1S/C67H117NO10/c1-4-7-10-13-16-19-22-25-26-27-28-29-30-31-32-33-34-35-36-37-40-43-46-49-52-55-62(72)78-65-64(74)63(73)61(56-69)77-67(65)76-57-58(59(70)53-50-47-44-41-38-23-20-17-14-11-8-5-2)68-66(75)60(71)54-51-48-45-42-39-24-21-18-15-12-9-6-3/h9,12,15-16,18-19,21,24-26,39,42,50,53,58-61,63-65,67,69-71,73-74H,4-8,10-11,13-14,17,20,22-23,27-38,40-41,43-49,51-52,54-57H2,1-3H3,(H,68,75)/b12-9+,18-15+,19-16-,24-21-,26-25-,42-39-,53-50+. The Labute approximate surface area is 476 Å². The Kier molecular flexibility index (Phi) is 50.8. The highest BCUT2D eigenvalue weighted by Crippen LogP contribution is 2.26. The largest absolute Gasteiger partial charge is 0.454 e. The van der Waals surface area contributed by atoms with Crippen LogP contribution in [0.5, 0.6) is 0 Å². The van der Waals surface area contributed by atoms with Gasteiger partial charge in [0.25, 0.3) is 0 Å². The molecule has 1 aliphatic heterocycles. The number of hydrogen-bond acceptors (Lipinski definition) is 10. The number of amides is 1. The van der Waals surface area contributed by atoms with E-state index in [4.69, 9.17) is 14.2 Å². The van der Waals surface area contributed by atoms with E-state index >= 15 is 0 Å². The second kappa shape index (κ2) is 54.4. The van der Waals surface area contributed by atoms with Gasteiger partial charge in [0.1, 0.15) is 24.4 Å². The van der Waals surface area contributed by atoms with E-state index in [-0.39, 0.29) is 19.4 Å². The molecular formula is C67H117NO10. The number of aliphatic hydroxyl groups excluding tert-OH is 5. The highest BCUT2D eigenvalue weighted by molar-refractivity contribution is 5.80. The number of rotatable bonds is 53. The summed E-state index contributed by atoms with van der Waals surface area (Å²) in [4.78, 5) is 26.5. The second-order valence-electron chi connectivity index (χ2n) is 21.8. The van der Waals surface area contributed by atoms with Crippen LogP contribution >= 0.6 is 0 Å². The first kappa shape index (κ1) is 72.9. The number of aliphatic hydroxyl groups is 5. The number of nitrogens with one attached hydrogen (secondary N) is 1. The van der Waals surface area contributed by atoms with E-state index in [0.717, 1.165) is 70.6 Å². The van der Waals surface area contributed by atoms with Crippen molar-refractivity contribution in [1.29, 1.82) is 0 Å². The Bertz CT molecular complexity index is 1590. The number of hydrogen-bond donors (Lipinski definition) is 6. The van der Waals surface area contributed by atoms with E-state index in [2.05, 4.69) is 56.5 Å². The Morgan fingerprint density at radius 2 is 0.974 bits per heavy atom. The van der Waals surface area contributed by atoms with Crippen molar-refractivity contribution in [3.05, 3.63) is 85.1 Å². The molecule has 0 saturated carbocycles. The van der Waals surface area contributed by atoms with Gasteiger partial charge in [0, 0.05) is 6.42 Å². The van der Waals surface area contributed by atoms with Crippen molar-refractivity contribution in [3.8, 4) is 0 Å². The minimum absolute atomic E-state index is 0.116. The highest BCUT2D eigenvalue weighted by atomic mass is 16.7. The number of carbonyl (C=O) groups excluding carboxylic acids is 2. The number of unbranched alkanes of at least 4 members (excludes halogenated alkanes) is 30. The highest BCUT2D eigenvalue weighted by Gasteiger charge is 2.47. The van der Waals surface area contributed by atoms with Gasteiger partial charge in [0.15, 0.2) is 12.4 Å². The van der Waals surface area contributed by atoms with E-state index in [1.807, 2.05) is 48.6 Å². The maximum absolute atomic E-state index is 13.4. The molecule has 0 aliphatic carbocycles. The van der Waals surface area contributed by atoms with E-state index < -0.39 is 67.4 Å². The molecule has 78 heavy (non-hydrogen) atoms. The van der Waals surface area contributed by atoms with Crippen LogP contribution in [-0.4, -0.2) is 99.6 Å². The fraction of sp³-hybridized carbons (Fsp3) is 0.761. The van der Waals surface area contributed by atoms with Crippen LogP contribution in [0.25, 0.3) is 0 Å². The van der Waals surface area contributed by atoms with Gasteiger partial charge in [0.05, 0.1) is 25.4 Å². The Balaban J connectivity index is 2.59. The second-order valence-corrected chi connectivity index (χ2v) is 21.8. The molecule has 8 atom stereocenters. The zero-order valence-electron chi connectivity index (χ0n) is 49.8. The number of esters is 1. The first-order valence-electron chi connectivity index (χ1n) is 31.9. The normalized spacial score (nSPS) is 19.5. The van der Waals surface area contributed by atoms with Crippen LogP contribution in [0.2, 0.25) is 0 Å². The van der Waals surface area contributed by atoms with Gasteiger partial charge in [-0.2, -0.15) is 0 Å². The van der Waals surface area contributed by atoms with Crippen LogP contribution in [-0.2, 0) is 23.8 Å². The lowest BCUT2D eigenvalue weighted by Crippen LogP contribution is -2.61. The molecule has 0 aromatic rings. The van der Waals surface area contributed by atoms with Crippen LogP contribution in [0, 0.1) is 0 Å². The van der Waals surface area contributed by atoms with E-state index in [9.17, 15) is 35.1 Å². The minimum Gasteiger partial charge on any atom is -0.454 e. The predicted octanol–water partition coefficient (Wildman–Crippen LogP) is 15.3. The fourth-order valence-electron chi connectivity index (χ4n) is 9.57. The molecular weight excluding hydrogens is 979 g/mol. The molecule has 1 saturated heterocycles. The van der Waals surface area contributed by atoms with Crippen molar-refractivity contribution < 1.29 is 49.3 Å². The molecule has 1 aliphatic rings. The van der Waals surface area contributed by atoms with Crippen LogP contribution in [0.3, 0.4) is 0 Å². The quantitative estimate of drug-likeness (QED) is 0.0149. The molecule has 450 valence electrons. The van der Waals surface area contributed by atoms with Gasteiger partial charge >= 0.3 is 5.97 Å². The molecule has 1 rings (SSSR count). The summed E-state index contributed by atoms with van der Waals surface area (Å²) in [6.45, 7) is 5.59. The molecule has 1 amide bonds. The van der Waals surface area contributed by atoms with Gasteiger partial charge in [-0.05, 0) is 77.0 Å². The lowest BCUT2D eigenvalue weighted by Gasteiger charge is -2.41. The first-order valence-corrected chi connectivity index (χ1v) is 31.9. The third-order valence-corrected chi connectivity index (χ3v) is 14.6. The Morgan fingerprint density at radius 1 is 0.526 bits per heavy atom. The summed E-state index contributed by atoms with van der Waals surface area (Å²) in [7, 11) is 0. The van der Waals surface area contributed by atoms with Gasteiger partial charge in [-0.25, -0.2) is 0 Å². The van der Waals surface area contributed by atoms with Crippen molar-refractivity contribution >= 4 is 11.9 Å². The number of carbonyl (C=O) groups is 2. The van der Waals surface area contributed by atoms with Crippen LogP contribution in [0.1, 0.15) is 265 Å². The zero-order valence-corrected chi connectivity index (χ0v) is 49.8. The van der Waals surface area contributed by atoms with Crippen molar-refractivity contribution in [2.24, 2.45) is 0 Å². The van der Waals surface area contributed by atoms with Crippen LogP contribution < -0.4 is 5.32 Å². The maximum Gasteiger partial charge on any atom is 0.306 e. The average molecular weight is 1100 g/mol. The number of ether oxygens (including phenoxy) is 3. The molecule has 11 heteroatoms. The van der Waals surface area contributed by atoms with Gasteiger partial charge in [0.2, 0.25) is 5.91 Å². The maximum atomic E-state index is 13.4. The van der Waals surface area contributed by atoms with E-state index in [1.54, 1.807) is 6.08 Å². The molecule has 0 aromatic heterocycles. The van der Waals surface area contributed by atoms with Gasteiger partial charge in [-0.1, -0.05) is 266 Å². The smallest absolute Gasteiger partial charge is 0.306 e. The van der Waals surface area contributed by atoms with Gasteiger partial charge < -0.3 is 45.1 Å². The van der Waals surface area contributed by atoms with Crippen molar-refractivity contribution in [2.45, 2.75) is 314 Å². The molecule has 0 spiro atoms. The molecule has 8 unspecified atom stereocenters. The molecule has 11 nitrogen and oxygen atoms in total. The zero-order chi connectivity index (χ0) is 56.8. The van der Waals surface area contributed by atoms with Gasteiger partial charge in [-0.15, -0.1) is 0 Å². The third-order valence-electron chi connectivity index (χ3n) is 14.6. The van der Waals surface area contributed by atoms with Crippen molar-refractivity contribution in [1.82, 2.24) is 5.32 Å². The lowest BCUT2D eigenvalue weighted by molar-refractivity contribution is -0.305. The molecule has 0 bridgehead atoms. The topological polar surface area (TPSA) is 175 Å². The molecule has 1 heterocycles. The van der Waals surface area contributed by atoms with E-state index in [0.29, 0.717) is 12.8 Å². The first-order chi connectivity index (χ1) is 38.2. The van der Waals surface area contributed by atoms with Crippen molar-refractivity contribution in [3.63, 3.8) is 0 Å². The van der Waals surface area contributed by atoms with Crippen molar-refractivity contribution in [2.75, 3.05) is 13.2 Å². The minimum atomic E-state index is -1.62. The van der Waals surface area contributed by atoms with Crippen LogP contribution in [0.4, 0.5) is 0 Å². The van der Waals surface area contributed by atoms with Gasteiger partial charge in [-0.3, -0.25) is 9.59 Å². The summed E-state index contributed by atoms with van der Waals surface area (Å²) in [6, 6.07) is -1.05. The molecule has 1 fully saturated rings. The van der Waals surface area contributed by atoms with E-state index in [1.165, 1.54) is 148 Å². The summed E-state index contributed by atoms with van der Waals surface area (Å²) in [6.07, 6.45) is 60.7. The fourth-order valence-corrected chi connectivity index (χ4v) is 9.57. The molecule has 0 radical (unpaired) electrons. The SMILES string of the molecule is CC/C=C/C=C/C=C\C=C/CCCCC(O)C(=O)NC(COC1OC(CO)C(O)C(O)C1OC(=O)CCCCCCCCCCCCCCCCC/C=C\C/C=C\CCCCC)C(O)/C=C/CCCCCCCCCCCC. The predicted molar refractivity (Wildman–Crippen MR) is 324 cm³/mol. The average Bonchev–Trinajstić information content (AvgIpc) is 3.45. The Morgan fingerprint density at radius 3 is 1.51 bits per heavy atom. The van der Waals surface area contributed by atoms with Crippen LogP contribution in [0.15, 0.2) is 85.1 Å².